The van der Waals surface area contributed by atoms with Gasteiger partial charge >= 0.3 is 0 Å². The molecule has 1 unspecified atom stereocenters. The largest absolute Gasteiger partial charge is 0.325 e. The van der Waals surface area contributed by atoms with E-state index in [-0.39, 0.29) is 11.8 Å². The molecule has 0 aromatic heterocycles. The van der Waals surface area contributed by atoms with Gasteiger partial charge in [0.05, 0.1) is 5.92 Å². The first-order valence-electron chi connectivity index (χ1n) is 9.33. The number of amides is 1. The molecule has 1 amide bonds. The van der Waals surface area contributed by atoms with E-state index in [0.717, 1.165) is 50.1 Å². The van der Waals surface area contributed by atoms with Gasteiger partial charge in [0.1, 0.15) is 0 Å². The lowest BCUT2D eigenvalue weighted by Gasteiger charge is -2.32. The summed E-state index contributed by atoms with van der Waals surface area (Å²) < 4.78 is 0. The second-order valence-corrected chi connectivity index (χ2v) is 7.01. The summed E-state index contributed by atoms with van der Waals surface area (Å²) in [6.45, 7) is 7.04. The Morgan fingerprint density at radius 3 is 2.72 bits per heavy atom. The lowest BCUT2D eigenvalue weighted by atomic mass is 9.96. The van der Waals surface area contributed by atoms with Crippen LogP contribution in [0.25, 0.3) is 0 Å². The third-order valence-corrected chi connectivity index (χ3v) is 5.11. The monoisotopic (exact) mass is 336 g/mol. The van der Waals surface area contributed by atoms with Crippen LogP contribution < -0.4 is 5.32 Å². The maximum absolute atomic E-state index is 12.8. The van der Waals surface area contributed by atoms with E-state index in [1.165, 1.54) is 11.1 Å². The Labute approximate surface area is 151 Å². The Kier molecular flexibility index (Phi) is 5.87. The third-order valence-electron chi connectivity index (χ3n) is 5.11. The lowest BCUT2D eigenvalue weighted by molar-refractivity contribution is -0.121. The van der Waals surface area contributed by atoms with Crippen molar-refractivity contribution in [3.05, 3.63) is 65.2 Å². The predicted octanol–water partition coefficient (Wildman–Crippen LogP) is 4.41. The smallest absolute Gasteiger partial charge is 0.228 e. The van der Waals surface area contributed by atoms with Gasteiger partial charge in [-0.15, -0.1) is 0 Å². The third kappa shape index (κ3) is 4.49. The number of rotatable bonds is 5. The molecule has 1 fully saturated rings. The predicted molar refractivity (Wildman–Crippen MR) is 104 cm³/mol. The van der Waals surface area contributed by atoms with Crippen LogP contribution in [0.5, 0.6) is 0 Å². The highest BCUT2D eigenvalue weighted by Gasteiger charge is 2.26. The van der Waals surface area contributed by atoms with Crippen molar-refractivity contribution < 1.29 is 4.79 Å². The van der Waals surface area contributed by atoms with Crippen molar-refractivity contribution in [2.75, 3.05) is 18.4 Å². The van der Waals surface area contributed by atoms with Crippen LogP contribution in [0.1, 0.15) is 36.5 Å². The molecule has 0 bridgehead atoms. The fraction of sp³-hybridized carbons (Fsp3) is 0.409. The minimum Gasteiger partial charge on any atom is -0.325 e. The number of hydrogen-bond acceptors (Lipinski definition) is 2. The molecule has 3 rings (SSSR count). The molecule has 1 aliphatic heterocycles. The van der Waals surface area contributed by atoms with Crippen LogP contribution >= 0.6 is 0 Å². The summed E-state index contributed by atoms with van der Waals surface area (Å²) >= 11 is 0. The van der Waals surface area contributed by atoms with E-state index in [9.17, 15) is 4.79 Å². The number of aryl methyl sites for hydroxylation is 2. The maximum Gasteiger partial charge on any atom is 0.228 e. The average Bonchev–Trinajstić information content (AvgIpc) is 2.64. The molecule has 0 spiro atoms. The standard InChI is InChI=1S/C22H28N2O/c1-3-19-12-7-9-17(2)21(19)23-22(25)20-13-8-14-24(16-20)15-18-10-5-4-6-11-18/h4-7,9-12,20H,3,8,13-16H2,1-2H3,(H,23,25). The van der Waals surface area contributed by atoms with Crippen LogP contribution in [-0.2, 0) is 17.8 Å². The highest BCUT2D eigenvalue weighted by Crippen LogP contribution is 2.24. The van der Waals surface area contributed by atoms with E-state index in [2.05, 4.69) is 66.5 Å². The summed E-state index contributed by atoms with van der Waals surface area (Å²) in [5.74, 6) is 0.239. The minimum atomic E-state index is 0.0711. The summed E-state index contributed by atoms with van der Waals surface area (Å²) in [7, 11) is 0. The number of carbonyl (C=O) groups is 1. The fourth-order valence-corrected chi connectivity index (χ4v) is 3.68. The zero-order valence-electron chi connectivity index (χ0n) is 15.3. The lowest BCUT2D eigenvalue weighted by Crippen LogP contribution is -2.40. The van der Waals surface area contributed by atoms with Gasteiger partial charge in [0, 0.05) is 18.8 Å². The normalized spacial score (nSPS) is 18.1. The van der Waals surface area contributed by atoms with Gasteiger partial charge < -0.3 is 5.32 Å². The van der Waals surface area contributed by atoms with Crippen LogP contribution in [0.3, 0.4) is 0 Å². The van der Waals surface area contributed by atoms with E-state index >= 15 is 0 Å². The van der Waals surface area contributed by atoms with Gasteiger partial charge in [0.25, 0.3) is 0 Å². The molecule has 1 saturated heterocycles. The van der Waals surface area contributed by atoms with Gasteiger partial charge in [0.2, 0.25) is 5.91 Å². The van der Waals surface area contributed by atoms with Gasteiger partial charge in [0.15, 0.2) is 0 Å². The van der Waals surface area contributed by atoms with Crippen LogP contribution in [0, 0.1) is 12.8 Å². The summed E-state index contributed by atoms with van der Waals surface area (Å²) in [5.41, 5.74) is 4.68. The zero-order chi connectivity index (χ0) is 17.6. The molecular weight excluding hydrogens is 308 g/mol. The van der Waals surface area contributed by atoms with Gasteiger partial charge in [-0.2, -0.15) is 0 Å². The average molecular weight is 336 g/mol. The molecule has 3 nitrogen and oxygen atoms in total. The Bertz CT molecular complexity index is 711. The quantitative estimate of drug-likeness (QED) is 0.877. The molecule has 2 aromatic rings. The van der Waals surface area contributed by atoms with E-state index in [0.29, 0.717) is 0 Å². The maximum atomic E-state index is 12.8. The molecule has 0 radical (unpaired) electrons. The first-order valence-corrected chi connectivity index (χ1v) is 9.33. The van der Waals surface area contributed by atoms with E-state index < -0.39 is 0 Å². The number of benzene rings is 2. The highest BCUT2D eigenvalue weighted by molar-refractivity contribution is 5.94. The summed E-state index contributed by atoms with van der Waals surface area (Å²) in [6, 6.07) is 16.7. The molecule has 25 heavy (non-hydrogen) atoms. The molecule has 0 aliphatic carbocycles. The molecule has 132 valence electrons. The molecule has 2 aromatic carbocycles. The van der Waals surface area contributed by atoms with Crippen LogP contribution in [0.2, 0.25) is 0 Å². The van der Waals surface area contributed by atoms with E-state index in [4.69, 9.17) is 0 Å². The molecular formula is C22H28N2O. The number of para-hydroxylation sites is 1. The summed E-state index contributed by atoms with van der Waals surface area (Å²) in [4.78, 5) is 15.3. The Morgan fingerprint density at radius 1 is 1.16 bits per heavy atom. The Hall–Kier alpha value is -2.13. The minimum absolute atomic E-state index is 0.0711. The van der Waals surface area contributed by atoms with Crippen molar-refractivity contribution in [3.8, 4) is 0 Å². The number of nitrogens with one attached hydrogen (secondary N) is 1. The molecule has 1 N–H and O–H groups in total. The SMILES string of the molecule is CCc1cccc(C)c1NC(=O)C1CCCN(Cc2ccccc2)C1. The molecule has 1 aliphatic rings. The van der Waals surface area contributed by atoms with Crippen molar-refractivity contribution >= 4 is 11.6 Å². The Balaban J connectivity index is 1.64. The number of nitrogens with zero attached hydrogens (tertiary/aromatic N) is 1. The van der Waals surface area contributed by atoms with Crippen molar-refractivity contribution in [1.82, 2.24) is 4.90 Å². The summed E-state index contributed by atoms with van der Waals surface area (Å²) in [5, 5.41) is 3.22. The second kappa shape index (κ2) is 8.30. The van der Waals surface area contributed by atoms with Gasteiger partial charge in [-0.3, -0.25) is 9.69 Å². The van der Waals surface area contributed by atoms with Gasteiger partial charge in [-0.25, -0.2) is 0 Å². The van der Waals surface area contributed by atoms with Crippen molar-refractivity contribution in [1.29, 1.82) is 0 Å². The number of hydrogen-bond donors (Lipinski definition) is 1. The first kappa shape index (κ1) is 17.7. The van der Waals surface area contributed by atoms with Crippen molar-refractivity contribution in [2.45, 2.75) is 39.7 Å². The Morgan fingerprint density at radius 2 is 1.96 bits per heavy atom. The van der Waals surface area contributed by atoms with Crippen molar-refractivity contribution in [2.24, 2.45) is 5.92 Å². The molecule has 0 saturated carbocycles. The number of anilines is 1. The highest BCUT2D eigenvalue weighted by atomic mass is 16.1. The zero-order valence-corrected chi connectivity index (χ0v) is 15.3. The second-order valence-electron chi connectivity index (χ2n) is 7.01. The number of carbonyl (C=O) groups excluding carboxylic acids is 1. The topological polar surface area (TPSA) is 32.3 Å². The van der Waals surface area contributed by atoms with Gasteiger partial charge in [-0.05, 0) is 49.4 Å². The first-order chi connectivity index (χ1) is 12.2. The molecule has 3 heteroatoms. The van der Waals surface area contributed by atoms with E-state index in [1.807, 2.05) is 6.07 Å². The number of likely N-dealkylation sites (tertiary alicyclic amines) is 1. The molecule has 1 heterocycles. The number of piperidine rings is 1. The molecule has 1 atom stereocenters. The van der Waals surface area contributed by atoms with Crippen LogP contribution in [0.4, 0.5) is 5.69 Å². The van der Waals surface area contributed by atoms with Crippen LogP contribution in [0.15, 0.2) is 48.5 Å². The fourth-order valence-electron chi connectivity index (χ4n) is 3.68. The van der Waals surface area contributed by atoms with Gasteiger partial charge in [-0.1, -0.05) is 55.5 Å². The van der Waals surface area contributed by atoms with Crippen LogP contribution in [-0.4, -0.2) is 23.9 Å². The summed E-state index contributed by atoms with van der Waals surface area (Å²) in [6.07, 6.45) is 2.99. The van der Waals surface area contributed by atoms with E-state index in [1.54, 1.807) is 0 Å². The van der Waals surface area contributed by atoms with Crippen molar-refractivity contribution in [3.63, 3.8) is 0 Å².